The van der Waals surface area contributed by atoms with Gasteiger partial charge >= 0.3 is 17.9 Å². The summed E-state index contributed by atoms with van der Waals surface area (Å²) in [4.78, 5) is 29.7. The van der Waals surface area contributed by atoms with Crippen molar-refractivity contribution in [1.82, 2.24) is 0 Å². The van der Waals surface area contributed by atoms with Gasteiger partial charge in [0, 0.05) is 25.9 Å². The van der Waals surface area contributed by atoms with Crippen molar-refractivity contribution in [3.05, 3.63) is 0 Å². The topological polar surface area (TPSA) is 132 Å². The van der Waals surface area contributed by atoms with E-state index >= 15 is 0 Å². The quantitative estimate of drug-likeness (QED) is 0.443. The zero-order valence-corrected chi connectivity index (χ0v) is 10.9. The van der Waals surface area contributed by atoms with Gasteiger partial charge in [0.2, 0.25) is 0 Å². The molecule has 0 saturated carbocycles. The number of carboxylic acid groups (broad SMARTS) is 3. The van der Waals surface area contributed by atoms with Crippen molar-refractivity contribution in [2.75, 3.05) is 6.61 Å². The molecule has 0 unspecified atom stereocenters. The lowest BCUT2D eigenvalue weighted by Gasteiger charge is -1.92. The van der Waals surface area contributed by atoms with Gasteiger partial charge < -0.3 is 20.4 Å². The van der Waals surface area contributed by atoms with Gasteiger partial charge in [0.25, 0.3) is 0 Å². The van der Waals surface area contributed by atoms with E-state index in [1.807, 2.05) is 0 Å². The average molecular weight is 278 g/mol. The van der Waals surface area contributed by atoms with Crippen molar-refractivity contribution in [2.24, 2.45) is 0 Å². The number of aliphatic hydroxyl groups excluding tert-OH is 1. The van der Waals surface area contributed by atoms with Crippen LogP contribution in [-0.2, 0) is 14.4 Å². The number of unbranched alkanes of at least 4 members (excludes halogenated alkanes) is 3. The van der Waals surface area contributed by atoms with Gasteiger partial charge in [-0.05, 0) is 25.7 Å². The first-order valence-corrected chi connectivity index (χ1v) is 6.16. The molecule has 7 nitrogen and oxygen atoms in total. The highest BCUT2D eigenvalue weighted by molar-refractivity contribution is 5.68. The Hall–Kier alpha value is -1.63. The minimum Gasteiger partial charge on any atom is -0.481 e. The maximum atomic E-state index is 9.90. The predicted octanol–water partition coefficient (Wildman–Crippen LogP) is 1.34. The van der Waals surface area contributed by atoms with Crippen LogP contribution in [0.1, 0.15) is 51.4 Å². The fraction of sp³-hybridized carbons (Fsp3) is 0.750. The molecule has 0 atom stereocenters. The fourth-order valence-electron chi connectivity index (χ4n) is 1.12. The molecule has 0 aliphatic carbocycles. The molecule has 0 aromatic carbocycles. The molecule has 7 heteroatoms. The Labute approximate surface area is 111 Å². The highest BCUT2D eigenvalue weighted by atomic mass is 16.4. The van der Waals surface area contributed by atoms with E-state index in [0.717, 1.165) is 6.42 Å². The lowest BCUT2D eigenvalue weighted by Crippen LogP contribution is -1.97. The zero-order valence-electron chi connectivity index (χ0n) is 10.9. The summed E-state index contributed by atoms with van der Waals surface area (Å²) in [5.74, 6) is -2.50. The summed E-state index contributed by atoms with van der Waals surface area (Å²) in [5.41, 5.74) is 0. The fourth-order valence-corrected chi connectivity index (χ4v) is 1.12. The Bertz CT molecular complexity index is 247. The van der Waals surface area contributed by atoms with Crippen LogP contribution in [0.2, 0.25) is 0 Å². The predicted molar refractivity (Wildman–Crippen MR) is 66.9 cm³/mol. The first-order chi connectivity index (χ1) is 8.90. The van der Waals surface area contributed by atoms with Gasteiger partial charge in [-0.1, -0.05) is 6.42 Å². The molecule has 112 valence electrons. The van der Waals surface area contributed by atoms with Gasteiger partial charge in [-0.25, -0.2) is 0 Å². The smallest absolute Gasteiger partial charge is 0.303 e. The van der Waals surface area contributed by atoms with E-state index in [1.165, 1.54) is 0 Å². The normalized spacial score (nSPS) is 9.32. The van der Waals surface area contributed by atoms with Crippen LogP contribution in [0.4, 0.5) is 0 Å². The highest BCUT2D eigenvalue weighted by Gasteiger charge is 1.99. The number of rotatable bonds is 10. The van der Waals surface area contributed by atoms with E-state index in [0.29, 0.717) is 25.7 Å². The molecule has 0 aromatic heterocycles. The molecule has 0 heterocycles. The molecule has 0 amide bonds. The molecule has 19 heavy (non-hydrogen) atoms. The van der Waals surface area contributed by atoms with Crippen LogP contribution in [0.25, 0.3) is 0 Å². The van der Waals surface area contributed by atoms with E-state index < -0.39 is 17.9 Å². The van der Waals surface area contributed by atoms with Gasteiger partial charge in [0.1, 0.15) is 0 Å². The lowest BCUT2D eigenvalue weighted by molar-refractivity contribution is -0.139. The van der Waals surface area contributed by atoms with Crippen LogP contribution in [0.3, 0.4) is 0 Å². The van der Waals surface area contributed by atoms with Crippen LogP contribution >= 0.6 is 0 Å². The van der Waals surface area contributed by atoms with Crippen LogP contribution < -0.4 is 0 Å². The van der Waals surface area contributed by atoms with E-state index in [9.17, 15) is 14.4 Å². The third-order valence-corrected chi connectivity index (χ3v) is 2.08. The number of aliphatic hydroxyl groups is 1. The second kappa shape index (κ2) is 14.4. The molecule has 0 spiro atoms. The SMILES string of the molecule is O=C(O)CCCCC(=O)O.O=C(O)CCCCCO. The lowest BCUT2D eigenvalue weighted by atomic mass is 10.2. The van der Waals surface area contributed by atoms with Crippen molar-refractivity contribution in [3.8, 4) is 0 Å². The van der Waals surface area contributed by atoms with Crippen molar-refractivity contribution in [3.63, 3.8) is 0 Å². The largest absolute Gasteiger partial charge is 0.481 e. The van der Waals surface area contributed by atoms with Crippen molar-refractivity contribution >= 4 is 17.9 Å². The van der Waals surface area contributed by atoms with Gasteiger partial charge in [0.15, 0.2) is 0 Å². The Kier molecular flexibility index (Phi) is 15.0. The van der Waals surface area contributed by atoms with Crippen LogP contribution in [0, 0.1) is 0 Å². The number of aliphatic carboxylic acids is 3. The minimum absolute atomic E-state index is 0.0628. The van der Waals surface area contributed by atoms with Gasteiger partial charge in [-0.2, -0.15) is 0 Å². The van der Waals surface area contributed by atoms with Crippen molar-refractivity contribution in [1.29, 1.82) is 0 Å². The average Bonchev–Trinajstić information content (AvgIpc) is 2.30. The molecule has 0 aromatic rings. The minimum atomic E-state index is -0.870. The summed E-state index contributed by atoms with van der Waals surface area (Å²) in [6.07, 6.45) is 3.44. The van der Waals surface area contributed by atoms with Crippen LogP contribution in [-0.4, -0.2) is 44.9 Å². The summed E-state index contributed by atoms with van der Waals surface area (Å²) in [7, 11) is 0. The Morgan fingerprint density at radius 2 is 0.895 bits per heavy atom. The van der Waals surface area contributed by atoms with E-state index in [1.54, 1.807) is 0 Å². The second-order valence-electron chi connectivity index (χ2n) is 3.92. The third-order valence-electron chi connectivity index (χ3n) is 2.08. The number of carbonyl (C=O) groups is 3. The highest BCUT2D eigenvalue weighted by Crippen LogP contribution is 1.99. The van der Waals surface area contributed by atoms with Crippen molar-refractivity contribution < 1.29 is 34.8 Å². The molecule has 0 radical (unpaired) electrons. The van der Waals surface area contributed by atoms with Gasteiger partial charge in [0.05, 0.1) is 0 Å². The number of carboxylic acids is 3. The van der Waals surface area contributed by atoms with E-state index in [2.05, 4.69) is 0 Å². The summed E-state index contributed by atoms with van der Waals surface area (Å²) in [6.45, 7) is 0.166. The number of hydrogen-bond acceptors (Lipinski definition) is 4. The summed E-state index contributed by atoms with van der Waals surface area (Å²) in [6, 6.07) is 0. The van der Waals surface area contributed by atoms with Gasteiger partial charge in [-0.15, -0.1) is 0 Å². The standard InChI is InChI=1S/C6H10O4.C6H12O3/c7-5(8)3-1-2-4-6(9)10;7-5-3-1-2-4-6(8)9/h1-4H2,(H,7,8)(H,9,10);7H,1-5H2,(H,8,9). The van der Waals surface area contributed by atoms with E-state index in [4.69, 9.17) is 20.4 Å². The van der Waals surface area contributed by atoms with Crippen molar-refractivity contribution in [2.45, 2.75) is 51.4 Å². The molecular formula is C12H22O7. The third kappa shape index (κ3) is 26.1. The summed E-state index contributed by atoms with van der Waals surface area (Å²) >= 11 is 0. The van der Waals surface area contributed by atoms with Gasteiger partial charge in [-0.3, -0.25) is 14.4 Å². The molecule has 0 fully saturated rings. The second-order valence-corrected chi connectivity index (χ2v) is 3.92. The molecule has 4 N–H and O–H groups in total. The first kappa shape index (κ1) is 19.7. The molecule has 0 aliphatic heterocycles. The Morgan fingerprint density at radius 3 is 1.16 bits per heavy atom. The zero-order chi connectivity index (χ0) is 15.1. The summed E-state index contributed by atoms with van der Waals surface area (Å²) in [5, 5.41) is 32.7. The number of hydrogen-bond donors (Lipinski definition) is 4. The maximum Gasteiger partial charge on any atom is 0.303 e. The maximum absolute atomic E-state index is 9.90. The summed E-state index contributed by atoms with van der Waals surface area (Å²) < 4.78 is 0. The van der Waals surface area contributed by atoms with E-state index in [-0.39, 0.29) is 25.9 Å². The Balaban J connectivity index is 0. The molecule has 0 saturated heterocycles. The van der Waals surface area contributed by atoms with Crippen LogP contribution in [0.15, 0.2) is 0 Å². The first-order valence-electron chi connectivity index (χ1n) is 6.16. The molecule has 0 bridgehead atoms. The molecular weight excluding hydrogens is 256 g/mol. The Morgan fingerprint density at radius 1 is 0.579 bits per heavy atom. The monoisotopic (exact) mass is 278 g/mol. The molecule has 0 aliphatic rings. The van der Waals surface area contributed by atoms with Crippen LogP contribution in [0.5, 0.6) is 0 Å². The molecule has 0 rings (SSSR count).